The summed E-state index contributed by atoms with van der Waals surface area (Å²) in [5, 5.41) is 0. The lowest BCUT2D eigenvalue weighted by Crippen LogP contribution is -2.50. The van der Waals surface area contributed by atoms with Crippen molar-refractivity contribution in [2.24, 2.45) is 0 Å². The highest BCUT2D eigenvalue weighted by molar-refractivity contribution is 5.94. The van der Waals surface area contributed by atoms with E-state index in [0.717, 1.165) is 11.3 Å². The number of carbonyl (C=O) groups excluding carboxylic acids is 2. The molecule has 5 nitrogen and oxygen atoms in total. The Bertz CT molecular complexity index is 454. The summed E-state index contributed by atoms with van der Waals surface area (Å²) < 4.78 is 5.52. The van der Waals surface area contributed by atoms with Gasteiger partial charge in [-0.3, -0.25) is 20.4 Å². The highest BCUT2D eigenvalue weighted by Crippen LogP contribution is 2.24. The van der Waals surface area contributed by atoms with Crippen LogP contribution in [0.3, 0.4) is 0 Å². The lowest BCUT2D eigenvalue weighted by atomic mass is 9.93. The van der Waals surface area contributed by atoms with Gasteiger partial charge >= 0.3 is 0 Å². The van der Waals surface area contributed by atoms with Crippen molar-refractivity contribution in [1.82, 2.24) is 10.9 Å². The maximum atomic E-state index is 11.6. The van der Waals surface area contributed by atoms with Crippen LogP contribution in [0.15, 0.2) is 24.3 Å². The van der Waals surface area contributed by atoms with Crippen LogP contribution in [0.25, 0.3) is 0 Å². The molecule has 0 radical (unpaired) electrons. The molecule has 1 aliphatic rings. The molecule has 1 aromatic carbocycles. The average molecular weight is 248 g/mol. The number of hydrogen-bond donors (Lipinski definition) is 2. The van der Waals surface area contributed by atoms with E-state index in [4.69, 9.17) is 4.74 Å². The predicted octanol–water partition coefficient (Wildman–Crippen LogP) is 1.11. The van der Waals surface area contributed by atoms with E-state index in [1.54, 1.807) is 0 Å². The first kappa shape index (κ1) is 12.4. The Hall–Kier alpha value is -2.04. The van der Waals surface area contributed by atoms with Crippen LogP contribution in [0.2, 0.25) is 0 Å². The number of hydrazine groups is 1. The molecule has 1 fully saturated rings. The molecular formula is C13H16N2O3. The zero-order valence-corrected chi connectivity index (χ0v) is 10.4. The third kappa shape index (κ3) is 2.80. The molecule has 0 aromatic heterocycles. The summed E-state index contributed by atoms with van der Waals surface area (Å²) in [5.74, 6) is -0.0319. The minimum Gasteiger partial charge on any atom is -0.491 e. The number of hydrogen-bond acceptors (Lipinski definition) is 3. The quantitative estimate of drug-likeness (QED) is 0.842. The van der Waals surface area contributed by atoms with E-state index < -0.39 is 5.92 Å². The second kappa shape index (κ2) is 5.08. The Morgan fingerprint density at radius 1 is 1.17 bits per heavy atom. The van der Waals surface area contributed by atoms with E-state index in [0.29, 0.717) is 0 Å². The van der Waals surface area contributed by atoms with Crippen molar-refractivity contribution in [3.05, 3.63) is 29.8 Å². The molecule has 0 saturated carbocycles. The maximum Gasteiger partial charge on any atom is 0.246 e. The van der Waals surface area contributed by atoms with E-state index in [9.17, 15) is 9.59 Å². The third-order valence-electron chi connectivity index (χ3n) is 2.69. The van der Waals surface area contributed by atoms with Crippen LogP contribution in [0.4, 0.5) is 0 Å². The normalized spacial score (nSPS) is 19.4. The topological polar surface area (TPSA) is 67.4 Å². The maximum absolute atomic E-state index is 11.6. The van der Waals surface area contributed by atoms with Gasteiger partial charge in [-0.1, -0.05) is 12.1 Å². The molecule has 0 aliphatic carbocycles. The largest absolute Gasteiger partial charge is 0.491 e. The van der Waals surface area contributed by atoms with Crippen LogP contribution < -0.4 is 15.6 Å². The summed E-state index contributed by atoms with van der Waals surface area (Å²) >= 11 is 0. The van der Waals surface area contributed by atoms with Gasteiger partial charge in [-0.15, -0.1) is 0 Å². The van der Waals surface area contributed by atoms with Crippen molar-refractivity contribution in [2.45, 2.75) is 32.3 Å². The second-order valence-electron chi connectivity index (χ2n) is 4.53. The first-order valence-electron chi connectivity index (χ1n) is 5.91. The lowest BCUT2D eigenvalue weighted by Gasteiger charge is -2.22. The molecule has 18 heavy (non-hydrogen) atoms. The first-order chi connectivity index (χ1) is 8.56. The molecule has 0 unspecified atom stereocenters. The number of rotatable bonds is 3. The van der Waals surface area contributed by atoms with Gasteiger partial charge in [0, 0.05) is 6.42 Å². The molecule has 2 N–H and O–H groups in total. The lowest BCUT2D eigenvalue weighted by molar-refractivity contribution is -0.135. The van der Waals surface area contributed by atoms with Gasteiger partial charge in [-0.2, -0.15) is 0 Å². The molecule has 1 aliphatic heterocycles. The van der Waals surface area contributed by atoms with Crippen LogP contribution in [-0.4, -0.2) is 17.9 Å². The Kier molecular flexibility index (Phi) is 3.50. The van der Waals surface area contributed by atoms with Crippen LogP contribution in [0.1, 0.15) is 31.7 Å². The molecule has 1 heterocycles. The fourth-order valence-corrected chi connectivity index (χ4v) is 1.87. The molecule has 1 aromatic rings. The van der Waals surface area contributed by atoms with Crippen LogP contribution >= 0.6 is 0 Å². The smallest absolute Gasteiger partial charge is 0.246 e. The van der Waals surface area contributed by atoms with E-state index in [1.165, 1.54) is 0 Å². The highest BCUT2D eigenvalue weighted by atomic mass is 16.5. The fraction of sp³-hybridized carbons (Fsp3) is 0.385. The Morgan fingerprint density at radius 2 is 1.83 bits per heavy atom. The molecule has 1 atom stereocenters. The number of nitrogens with one attached hydrogen (secondary N) is 2. The van der Waals surface area contributed by atoms with Gasteiger partial charge < -0.3 is 4.74 Å². The molecule has 5 heteroatoms. The van der Waals surface area contributed by atoms with Gasteiger partial charge in [0.25, 0.3) is 0 Å². The van der Waals surface area contributed by atoms with E-state index >= 15 is 0 Å². The Labute approximate surface area is 105 Å². The number of carbonyl (C=O) groups is 2. The summed E-state index contributed by atoms with van der Waals surface area (Å²) in [5.41, 5.74) is 5.48. The standard InChI is InChI=1S/C13H16N2O3/c1-8(2)18-10-5-3-9(4-6-10)11-7-12(16)14-15-13(11)17/h3-6,8,11H,7H2,1-2H3,(H,14,16)(H,15,17)/t11-/m1/s1. The number of ether oxygens (including phenoxy) is 1. The third-order valence-corrected chi connectivity index (χ3v) is 2.69. The van der Waals surface area contributed by atoms with Crippen LogP contribution in [-0.2, 0) is 9.59 Å². The SMILES string of the molecule is CC(C)Oc1ccc([C@H]2CC(=O)NNC2=O)cc1. The Morgan fingerprint density at radius 3 is 2.44 bits per heavy atom. The molecular weight excluding hydrogens is 232 g/mol. The highest BCUT2D eigenvalue weighted by Gasteiger charge is 2.28. The second-order valence-corrected chi connectivity index (χ2v) is 4.53. The number of benzene rings is 1. The summed E-state index contributed by atoms with van der Waals surface area (Å²) in [4.78, 5) is 22.9. The van der Waals surface area contributed by atoms with Gasteiger partial charge in [0.05, 0.1) is 12.0 Å². The van der Waals surface area contributed by atoms with E-state index in [2.05, 4.69) is 10.9 Å². The van der Waals surface area contributed by atoms with Crippen molar-refractivity contribution in [3.63, 3.8) is 0 Å². The zero-order chi connectivity index (χ0) is 13.1. The monoisotopic (exact) mass is 248 g/mol. The van der Waals surface area contributed by atoms with Gasteiger partial charge in [-0.25, -0.2) is 0 Å². The zero-order valence-electron chi connectivity index (χ0n) is 10.4. The van der Waals surface area contributed by atoms with E-state index in [-0.39, 0.29) is 24.3 Å². The van der Waals surface area contributed by atoms with Gasteiger partial charge in [0.15, 0.2) is 0 Å². The van der Waals surface area contributed by atoms with Crippen LogP contribution in [0.5, 0.6) is 5.75 Å². The van der Waals surface area contributed by atoms with Crippen molar-refractivity contribution in [2.75, 3.05) is 0 Å². The first-order valence-corrected chi connectivity index (χ1v) is 5.91. The molecule has 0 spiro atoms. The summed E-state index contributed by atoms with van der Waals surface area (Å²) in [6, 6.07) is 7.27. The average Bonchev–Trinajstić information content (AvgIpc) is 2.33. The molecule has 2 amide bonds. The molecule has 96 valence electrons. The molecule has 0 bridgehead atoms. The van der Waals surface area contributed by atoms with Crippen molar-refractivity contribution in [1.29, 1.82) is 0 Å². The number of amides is 2. The molecule has 2 rings (SSSR count). The summed E-state index contributed by atoms with van der Waals surface area (Å²) in [6.07, 6.45) is 0.288. The van der Waals surface area contributed by atoms with Crippen molar-refractivity contribution in [3.8, 4) is 5.75 Å². The summed E-state index contributed by atoms with van der Waals surface area (Å²) in [7, 11) is 0. The Balaban J connectivity index is 2.13. The van der Waals surface area contributed by atoms with Gasteiger partial charge in [0.2, 0.25) is 11.8 Å². The van der Waals surface area contributed by atoms with Crippen molar-refractivity contribution < 1.29 is 14.3 Å². The van der Waals surface area contributed by atoms with Gasteiger partial charge in [0.1, 0.15) is 5.75 Å². The van der Waals surface area contributed by atoms with Crippen LogP contribution in [0, 0.1) is 0 Å². The minimum atomic E-state index is -0.424. The minimum absolute atomic E-state index is 0.111. The van der Waals surface area contributed by atoms with Crippen molar-refractivity contribution >= 4 is 11.8 Å². The van der Waals surface area contributed by atoms with Gasteiger partial charge in [-0.05, 0) is 31.5 Å². The summed E-state index contributed by atoms with van der Waals surface area (Å²) in [6.45, 7) is 3.90. The fourth-order valence-electron chi connectivity index (χ4n) is 1.87. The molecule has 1 saturated heterocycles. The predicted molar refractivity (Wildman–Crippen MR) is 65.8 cm³/mol. The van der Waals surface area contributed by atoms with E-state index in [1.807, 2.05) is 38.1 Å².